The lowest BCUT2D eigenvalue weighted by atomic mass is 10.0. The van der Waals surface area contributed by atoms with E-state index in [9.17, 15) is 4.79 Å². The number of carbonyl (C=O) groups excluding carboxylic acids is 1. The largest absolute Gasteiger partial charge is 0.461 e. The molecule has 1 aromatic rings. The Labute approximate surface area is 123 Å². The zero-order valence-electron chi connectivity index (χ0n) is 12.1. The van der Waals surface area contributed by atoms with Crippen LogP contribution in [0.2, 0.25) is 5.15 Å². The Hall–Kier alpha value is -1.07. The molecule has 0 aromatic carbocycles. The Morgan fingerprint density at radius 3 is 2.70 bits per heavy atom. The molecule has 0 radical (unpaired) electrons. The molecule has 0 aliphatic carbocycles. The topological polar surface area (TPSA) is 47.4 Å². The smallest absolute Gasteiger partial charge is 0.323 e. The van der Waals surface area contributed by atoms with Crippen LogP contribution in [0, 0.1) is 6.92 Å². The number of likely N-dealkylation sites (tertiary alicyclic amines) is 1. The maximum Gasteiger partial charge on any atom is 0.323 e. The van der Waals surface area contributed by atoms with Gasteiger partial charge in [0.25, 0.3) is 0 Å². The van der Waals surface area contributed by atoms with Crippen LogP contribution in [0.1, 0.15) is 43.5 Å². The monoisotopic (exact) mass is 297 g/mol. The minimum atomic E-state index is -0.131. The Balaban J connectivity index is 1.91. The van der Waals surface area contributed by atoms with Gasteiger partial charge in [0.2, 0.25) is 0 Å². The van der Waals surface area contributed by atoms with Crippen LogP contribution in [-0.2, 0) is 16.6 Å². The number of rotatable bonds is 2. The van der Waals surface area contributed by atoms with Crippen molar-refractivity contribution in [3.05, 3.63) is 16.4 Å². The van der Waals surface area contributed by atoms with E-state index in [1.54, 1.807) is 4.68 Å². The molecular formula is C14H20ClN3O2. The Morgan fingerprint density at radius 2 is 2.15 bits per heavy atom. The first kappa shape index (κ1) is 13.9. The molecule has 20 heavy (non-hydrogen) atoms. The molecule has 0 unspecified atom stereocenters. The maximum absolute atomic E-state index is 12.0. The first-order chi connectivity index (χ1) is 9.49. The van der Waals surface area contributed by atoms with E-state index in [-0.39, 0.29) is 24.2 Å². The molecule has 0 amide bonds. The van der Waals surface area contributed by atoms with Gasteiger partial charge in [0.15, 0.2) is 0 Å². The van der Waals surface area contributed by atoms with Crippen LogP contribution in [0.3, 0.4) is 0 Å². The molecule has 2 fully saturated rings. The molecule has 3 rings (SSSR count). The van der Waals surface area contributed by atoms with Gasteiger partial charge >= 0.3 is 5.97 Å². The summed E-state index contributed by atoms with van der Waals surface area (Å²) in [7, 11) is 1.85. The van der Waals surface area contributed by atoms with Crippen LogP contribution in [0.4, 0.5) is 0 Å². The average Bonchev–Trinajstić information content (AvgIpc) is 3.01. The summed E-state index contributed by atoms with van der Waals surface area (Å²) in [5.74, 6) is -0.0953. The van der Waals surface area contributed by atoms with Crippen LogP contribution in [0.5, 0.6) is 0 Å². The second kappa shape index (κ2) is 5.04. The molecule has 2 saturated heterocycles. The van der Waals surface area contributed by atoms with Crippen molar-refractivity contribution in [3.8, 4) is 0 Å². The van der Waals surface area contributed by atoms with Gasteiger partial charge in [-0.25, -0.2) is 0 Å². The van der Waals surface area contributed by atoms with Crippen molar-refractivity contribution in [1.82, 2.24) is 14.7 Å². The van der Waals surface area contributed by atoms with Gasteiger partial charge in [-0.05, 0) is 33.2 Å². The summed E-state index contributed by atoms with van der Waals surface area (Å²) in [6.45, 7) is 4.85. The molecule has 6 heteroatoms. The molecule has 5 nitrogen and oxygen atoms in total. The van der Waals surface area contributed by atoms with Crippen molar-refractivity contribution < 1.29 is 9.53 Å². The molecule has 3 heterocycles. The summed E-state index contributed by atoms with van der Waals surface area (Å²) in [5, 5.41) is 5.07. The number of cyclic esters (lactones) is 1. The molecule has 0 spiro atoms. The van der Waals surface area contributed by atoms with Gasteiger partial charge in [-0.1, -0.05) is 11.6 Å². The van der Waals surface area contributed by atoms with Crippen molar-refractivity contribution >= 4 is 17.6 Å². The minimum absolute atomic E-state index is 0.0132. The predicted molar refractivity (Wildman–Crippen MR) is 75.6 cm³/mol. The number of halogens is 1. The summed E-state index contributed by atoms with van der Waals surface area (Å²) in [6.07, 6.45) is 2.88. The highest BCUT2D eigenvalue weighted by Gasteiger charge is 2.43. The van der Waals surface area contributed by atoms with Crippen LogP contribution in [0.15, 0.2) is 0 Å². The first-order valence-electron chi connectivity index (χ1n) is 7.14. The first-order valence-corrected chi connectivity index (χ1v) is 7.52. The second-order valence-electron chi connectivity index (χ2n) is 5.81. The van der Waals surface area contributed by atoms with E-state index < -0.39 is 0 Å². The van der Waals surface area contributed by atoms with Gasteiger partial charge in [-0.15, -0.1) is 0 Å². The molecule has 110 valence electrons. The van der Waals surface area contributed by atoms with Crippen molar-refractivity contribution in [2.24, 2.45) is 7.05 Å². The zero-order valence-corrected chi connectivity index (χ0v) is 12.9. The highest BCUT2D eigenvalue weighted by atomic mass is 35.5. The highest BCUT2D eigenvalue weighted by Crippen LogP contribution is 2.40. The fraction of sp³-hybridized carbons (Fsp3) is 0.714. The third-order valence-electron chi connectivity index (χ3n) is 4.37. The molecule has 0 saturated carbocycles. The third kappa shape index (κ3) is 2.13. The maximum atomic E-state index is 12.0. The SMILES string of the molecule is Cc1nn(C)c(Cl)c1[C@@H]1CCCN1[C@H]1C[C@@H](C)OC1=O. The highest BCUT2D eigenvalue weighted by molar-refractivity contribution is 6.30. The van der Waals surface area contributed by atoms with E-state index in [4.69, 9.17) is 16.3 Å². The molecule has 3 atom stereocenters. The van der Waals surface area contributed by atoms with Crippen LogP contribution in [0.25, 0.3) is 0 Å². The van der Waals surface area contributed by atoms with E-state index in [1.165, 1.54) is 0 Å². The van der Waals surface area contributed by atoms with Crippen molar-refractivity contribution in [3.63, 3.8) is 0 Å². The van der Waals surface area contributed by atoms with E-state index in [0.717, 1.165) is 37.1 Å². The van der Waals surface area contributed by atoms with Gasteiger partial charge in [0, 0.05) is 25.1 Å². The number of hydrogen-bond donors (Lipinski definition) is 0. The van der Waals surface area contributed by atoms with Crippen molar-refractivity contribution in [1.29, 1.82) is 0 Å². The lowest BCUT2D eigenvalue weighted by Gasteiger charge is -2.28. The zero-order chi connectivity index (χ0) is 14.4. The number of aromatic nitrogens is 2. The summed E-state index contributed by atoms with van der Waals surface area (Å²) >= 11 is 6.39. The number of hydrogen-bond acceptors (Lipinski definition) is 4. The Morgan fingerprint density at radius 1 is 1.40 bits per heavy atom. The van der Waals surface area contributed by atoms with Crippen LogP contribution >= 0.6 is 11.6 Å². The summed E-state index contributed by atoms with van der Waals surface area (Å²) in [6, 6.07) is 0.0484. The van der Waals surface area contributed by atoms with E-state index in [2.05, 4.69) is 10.00 Å². The molecule has 2 aliphatic rings. The molecule has 0 N–H and O–H groups in total. The summed E-state index contributed by atoms with van der Waals surface area (Å²) in [4.78, 5) is 14.3. The predicted octanol–water partition coefficient (Wildman–Crippen LogP) is 2.22. The number of ether oxygens (including phenoxy) is 1. The van der Waals surface area contributed by atoms with E-state index in [1.807, 2.05) is 20.9 Å². The minimum Gasteiger partial charge on any atom is -0.461 e. The summed E-state index contributed by atoms with van der Waals surface area (Å²) in [5.41, 5.74) is 2.02. The normalized spacial score (nSPS) is 31.0. The quantitative estimate of drug-likeness (QED) is 0.785. The number of aryl methyl sites for hydroxylation is 2. The Bertz CT molecular complexity index is 543. The third-order valence-corrected chi connectivity index (χ3v) is 4.82. The van der Waals surface area contributed by atoms with Crippen molar-refractivity contribution in [2.45, 2.75) is 51.3 Å². The lowest BCUT2D eigenvalue weighted by molar-refractivity contribution is -0.145. The van der Waals surface area contributed by atoms with E-state index in [0.29, 0.717) is 5.15 Å². The molecule has 2 aliphatic heterocycles. The standard InChI is InChI=1S/C14H20ClN3O2/c1-8-7-11(14(19)20-8)18-6-4-5-10(18)12-9(2)16-17(3)13(12)15/h8,10-11H,4-7H2,1-3H3/t8-,10+,11+/m1/s1. The van der Waals surface area contributed by atoms with Crippen LogP contribution < -0.4 is 0 Å². The second-order valence-corrected chi connectivity index (χ2v) is 6.17. The molecule has 1 aromatic heterocycles. The Kier molecular flexibility index (Phi) is 3.50. The van der Waals surface area contributed by atoms with Gasteiger partial charge in [-0.2, -0.15) is 5.10 Å². The van der Waals surface area contributed by atoms with Gasteiger partial charge in [-0.3, -0.25) is 14.4 Å². The van der Waals surface area contributed by atoms with Gasteiger partial charge < -0.3 is 4.74 Å². The summed E-state index contributed by atoms with van der Waals surface area (Å²) < 4.78 is 7.01. The molecule has 0 bridgehead atoms. The number of carbonyl (C=O) groups is 1. The fourth-order valence-corrected chi connectivity index (χ4v) is 3.80. The fourth-order valence-electron chi connectivity index (χ4n) is 3.50. The van der Waals surface area contributed by atoms with Crippen LogP contribution in [-0.4, -0.2) is 39.3 Å². The lowest BCUT2D eigenvalue weighted by Crippen LogP contribution is -2.38. The van der Waals surface area contributed by atoms with Crippen molar-refractivity contribution in [2.75, 3.05) is 6.54 Å². The van der Waals surface area contributed by atoms with E-state index >= 15 is 0 Å². The van der Waals surface area contributed by atoms with Gasteiger partial charge in [0.05, 0.1) is 5.69 Å². The average molecular weight is 298 g/mol. The molecular weight excluding hydrogens is 278 g/mol. The number of esters is 1. The number of nitrogens with zero attached hydrogens (tertiary/aromatic N) is 3. The van der Waals surface area contributed by atoms with Gasteiger partial charge in [0.1, 0.15) is 17.3 Å².